The van der Waals surface area contributed by atoms with Gasteiger partial charge in [-0.05, 0) is 19.3 Å². The lowest BCUT2D eigenvalue weighted by Crippen LogP contribution is -2.30. The summed E-state index contributed by atoms with van der Waals surface area (Å²) in [5.41, 5.74) is 0. The number of hydrogen-bond acceptors (Lipinski definition) is 6. The highest BCUT2D eigenvalue weighted by Crippen LogP contribution is 2.19. The summed E-state index contributed by atoms with van der Waals surface area (Å²) in [7, 11) is 0. The van der Waals surface area contributed by atoms with Gasteiger partial charge < -0.3 is 14.2 Å². The van der Waals surface area contributed by atoms with Gasteiger partial charge in [0, 0.05) is 19.3 Å². The van der Waals surface area contributed by atoms with Gasteiger partial charge in [0.2, 0.25) is 0 Å². The van der Waals surface area contributed by atoms with E-state index in [1.807, 2.05) is 0 Å². The van der Waals surface area contributed by atoms with E-state index in [-0.39, 0.29) is 31.1 Å². The molecule has 0 heterocycles. The van der Waals surface area contributed by atoms with Gasteiger partial charge >= 0.3 is 17.9 Å². The standard InChI is InChI=1S/C65H126O6/c1-4-7-10-13-16-18-20-22-23-24-25-26-27-28-29-30-31-32-33-34-35-36-37-38-39-40-41-42-43-45-46-49-52-55-58-64(67)70-61-62(60-69-63(66)57-54-51-48-15-12-9-6-3)71-65(68)59-56-53-50-47-44-21-19-17-14-11-8-5-2/h62H,4-61H2,1-3H3. The smallest absolute Gasteiger partial charge is 0.306 e. The fourth-order valence-electron chi connectivity index (χ4n) is 10.2. The number of ether oxygens (including phenoxy) is 3. The first kappa shape index (κ1) is 69.4. The molecular formula is C65H126O6. The van der Waals surface area contributed by atoms with Gasteiger partial charge in [0.1, 0.15) is 13.2 Å². The van der Waals surface area contributed by atoms with E-state index in [2.05, 4.69) is 20.8 Å². The molecule has 0 saturated carbocycles. The highest BCUT2D eigenvalue weighted by Gasteiger charge is 2.19. The molecule has 0 fully saturated rings. The third-order valence-electron chi connectivity index (χ3n) is 15.1. The maximum absolute atomic E-state index is 12.8. The van der Waals surface area contributed by atoms with Crippen LogP contribution in [0.3, 0.4) is 0 Å². The topological polar surface area (TPSA) is 78.9 Å². The van der Waals surface area contributed by atoms with E-state index in [1.54, 1.807) is 0 Å². The zero-order valence-corrected chi connectivity index (χ0v) is 48.5. The Morgan fingerprint density at radius 3 is 0.563 bits per heavy atom. The summed E-state index contributed by atoms with van der Waals surface area (Å²) in [6.07, 6.45) is 70.3. The second-order valence-corrected chi connectivity index (χ2v) is 22.4. The van der Waals surface area contributed by atoms with Crippen LogP contribution in [-0.2, 0) is 28.6 Å². The monoisotopic (exact) mass is 1000 g/mol. The van der Waals surface area contributed by atoms with Crippen LogP contribution in [0, 0.1) is 0 Å². The summed E-state index contributed by atoms with van der Waals surface area (Å²) in [5.74, 6) is -0.844. The Kier molecular flexibility index (Phi) is 59.6. The van der Waals surface area contributed by atoms with Gasteiger partial charge in [0.15, 0.2) is 6.10 Å². The number of carbonyl (C=O) groups excluding carboxylic acids is 3. The maximum atomic E-state index is 12.8. The minimum atomic E-state index is -0.759. The molecule has 0 N–H and O–H groups in total. The Morgan fingerprint density at radius 1 is 0.225 bits per heavy atom. The van der Waals surface area contributed by atoms with Crippen molar-refractivity contribution in [1.82, 2.24) is 0 Å². The van der Waals surface area contributed by atoms with Gasteiger partial charge in [-0.2, -0.15) is 0 Å². The molecule has 0 rings (SSSR count). The summed E-state index contributed by atoms with van der Waals surface area (Å²) < 4.78 is 16.8. The van der Waals surface area contributed by atoms with Gasteiger partial charge in [-0.25, -0.2) is 0 Å². The van der Waals surface area contributed by atoms with Crippen LogP contribution in [0.5, 0.6) is 0 Å². The van der Waals surface area contributed by atoms with E-state index in [4.69, 9.17) is 14.2 Å². The van der Waals surface area contributed by atoms with Crippen LogP contribution in [0.15, 0.2) is 0 Å². The summed E-state index contributed by atoms with van der Waals surface area (Å²) in [6, 6.07) is 0. The van der Waals surface area contributed by atoms with Gasteiger partial charge in [-0.15, -0.1) is 0 Å². The van der Waals surface area contributed by atoms with Crippen LogP contribution < -0.4 is 0 Å². The van der Waals surface area contributed by atoms with Gasteiger partial charge in [-0.3, -0.25) is 14.4 Å². The van der Waals surface area contributed by atoms with Crippen molar-refractivity contribution in [2.45, 2.75) is 386 Å². The van der Waals surface area contributed by atoms with Gasteiger partial charge in [0.05, 0.1) is 0 Å². The Labute approximate surface area is 444 Å². The molecule has 0 aromatic heterocycles. The largest absolute Gasteiger partial charge is 0.462 e. The molecule has 0 amide bonds. The molecule has 0 aliphatic heterocycles. The number of esters is 3. The SMILES string of the molecule is CCCCCCCCCCCCCCCCCCCCCCCCCCCCCCCCCCCCC(=O)OCC(COC(=O)CCCCCCCCC)OC(=O)CCCCCCCCCCCCCC. The highest BCUT2D eigenvalue weighted by molar-refractivity contribution is 5.71. The van der Waals surface area contributed by atoms with Gasteiger partial charge in [0.25, 0.3) is 0 Å². The Morgan fingerprint density at radius 2 is 0.380 bits per heavy atom. The molecule has 0 aliphatic carbocycles. The number of unbranched alkanes of at least 4 members (excludes halogenated alkanes) is 50. The molecule has 6 nitrogen and oxygen atoms in total. The zero-order valence-electron chi connectivity index (χ0n) is 48.5. The third-order valence-corrected chi connectivity index (χ3v) is 15.1. The second kappa shape index (κ2) is 61.0. The van der Waals surface area contributed by atoms with Crippen LogP contribution in [-0.4, -0.2) is 37.2 Å². The van der Waals surface area contributed by atoms with Crippen LogP contribution in [0.4, 0.5) is 0 Å². The second-order valence-electron chi connectivity index (χ2n) is 22.4. The van der Waals surface area contributed by atoms with Crippen molar-refractivity contribution in [3.8, 4) is 0 Å². The van der Waals surface area contributed by atoms with Crippen LogP contribution in [0.1, 0.15) is 380 Å². The van der Waals surface area contributed by atoms with Crippen LogP contribution in [0.25, 0.3) is 0 Å². The summed E-state index contributed by atoms with van der Waals surface area (Å²) >= 11 is 0. The van der Waals surface area contributed by atoms with Crippen molar-refractivity contribution in [3.63, 3.8) is 0 Å². The molecular weight excluding hydrogens is 877 g/mol. The van der Waals surface area contributed by atoms with E-state index in [0.717, 1.165) is 57.8 Å². The number of hydrogen-bond donors (Lipinski definition) is 0. The fraction of sp³-hybridized carbons (Fsp3) is 0.954. The van der Waals surface area contributed by atoms with Crippen molar-refractivity contribution < 1.29 is 28.6 Å². The van der Waals surface area contributed by atoms with E-state index in [1.165, 1.54) is 283 Å². The maximum Gasteiger partial charge on any atom is 0.306 e. The first-order chi connectivity index (χ1) is 35.0. The van der Waals surface area contributed by atoms with E-state index >= 15 is 0 Å². The van der Waals surface area contributed by atoms with Crippen molar-refractivity contribution in [2.24, 2.45) is 0 Å². The van der Waals surface area contributed by atoms with Crippen molar-refractivity contribution >= 4 is 17.9 Å². The molecule has 1 atom stereocenters. The molecule has 0 bridgehead atoms. The van der Waals surface area contributed by atoms with Crippen LogP contribution >= 0.6 is 0 Å². The first-order valence-corrected chi connectivity index (χ1v) is 32.5. The lowest BCUT2D eigenvalue weighted by molar-refractivity contribution is -0.167. The lowest BCUT2D eigenvalue weighted by Gasteiger charge is -2.18. The molecule has 1 unspecified atom stereocenters. The lowest BCUT2D eigenvalue weighted by atomic mass is 10.0. The summed E-state index contributed by atoms with van der Waals surface area (Å²) in [4.78, 5) is 37.9. The quantitative estimate of drug-likeness (QED) is 0.0343. The van der Waals surface area contributed by atoms with E-state index in [9.17, 15) is 14.4 Å². The normalized spacial score (nSPS) is 11.9. The zero-order chi connectivity index (χ0) is 51.4. The Bertz CT molecular complexity index is 1060. The number of carbonyl (C=O) groups is 3. The predicted octanol–water partition coefficient (Wildman–Crippen LogP) is 21.9. The molecule has 0 saturated heterocycles. The molecule has 422 valence electrons. The fourth-order valence-corrected chi connectivity index (χ4v) is 10.2. The highest BCUT2D eigenvalue weighted by atomic mass is 16.6. The van der Waals surface area contributed by atoms with Crippen molar-refractivity contribution in [3.05, 3.63) is 0 Å². The Balaban J connectivity index is 3.84. The first-order valence-electron chi connectivity index (χ1n) is 32.5. The van der Waals surface area contributed by atoms with E-state index in [0.29, 0.717) is 19.3 Å². The average molecular weight is 1000 g/mol. The predicted molar refractivity (Wildman–Crippen MR) is 307 cm³/mol. The minimum Gasteiger partial charge on any atom is -0.462 e. The third kappa shape index (κ3) is 59.2. The van der Waals surface area contributed by atoms with E-state index < -0.39 is 6.10 Å². The molecule has 6 heteroatoms. The minimum absolute atomic E-state index is 0.0621. The Hall–Kier alpha value is -1.59. The molecule has 0 aromatic rings. The molecule has 0 spiro atoms. The molecule has 0 aromatic carbocycles. The molecule has 0 aliphatic rings. The molecule has 71 heavy (non-hydrogen) atoms. The van der Waals surface area contributed by atoms with Crippen LogP contribution in [0.2, 0.25) is 0 Å². The summed E-state index contributed by atoms with van der Waals surface area (Å²) in [6.45, 7) is 6.66. The van der Waals surface area contributed by atoms with Crippen molar-refractivity contribution in [2.75, 3.05) is 13.2 Å². The average Bonchev–Trinajstić information content (AvgIpc) is 3.37. The van der Waals surface area contributed by atoms with Gasteiger partial charge in [-0.1, -0.05) is 342 Å². The summed E-state index contributed by atoms with van der Waals surface area (Å²) in [5, 5.41) is 0. The number of rotatable bonds is 61. The van der Waals surface area contributed by atoms with Crippen molar-refractivity contribution in [1.29, 1.82) is 0 Å². The molecule has 0 radical (unpaired) electrons.